The van der Waals surface area contributed by atoms with Gasteiger partial charge in [-0.15, -0.1) is 22.7 Å². The highest BCUT2D eigenvalue weighted by Gasteiger charge is 2.16. The third kappa shape index (κ3) is 4.87. The van der Waals surface area contributed by atoms with E-state index in [0.717, 1.165) is 23.4 Å². The largest absolute Gasteiger partial charge is 0.354 e. The first kappa shape index (κ1) is 18.0. The van der Waals surface area contributed by atoms with Gasteiger partial charge in [0.1, 0.15) is 0 Å². The monoisotopic (exact) mass is 373 g/mol. The number of fused-ring (bicyclic) bond motifs is 1. The number of amides is 1. The minimum Gasteiger partial charge on any atom is -0.354 e. The molecule has 0 aliphatic rings. The molecule has 1 unspecified atom stereocenters. The first-order chi connectivity index (χ1) is 12.1. The first-order valence-electron chi connectivity index (χ1n) is 8.44. The molecular weight excluding hydrogens is 350 g/mol. The number of carbonyl (C=O) groups excluding carboxylic acids is 1. The molecule has 0 bridgehead atoms. The van der Waals surface area contributed by atoms with Crippen molar-refractivity contribution >= 4 is 38.8 Å². The maximum absolute atomic E-state index is 12.2. The summed E-state index contributed by atoms with van der Waals surface area (Å²) in [5.41, 5.74) is 1.05. The minimum atomic E-state index is 0.115. The molecule has 0 saturated carbocycles. The number of nitrogens with zero attached hydrogens (tertiary/aromatic N) is 2. The van der Waals surface area contributed by atoms with E-state index in [1.807, 2.05) is 32.3 Å². The van der Waals surface area contributed by atoms with Crippen LogP contribution in [0.2, 0.25) is 0 Å². The summed E-state index contributed by atoms with van der Waals surface area (Å²) in [6.07, 6.45) is 2.23. The minimum absolute atomic E-state index is 0.115. The van der Waals surface area contributed by atoms with Gasteiger partial charge in [0.15, 0.2) is 0 Å². The number of nitrogens with one attached hydrogen (secondary N) is 1. The first-order valence-corrected chi connectivity index (χ1v) is 10.1. The van der Waals surface area contributed by atoms with Gasteiger partial charge in [0.05, 0.1) is 21.3 Å². The molecule has 0 saturated heterocycles. The summed E-state index contributed by atoms with van der Waals surface area (Å²) in [5.74, 6) is 0.115. The zero-order valence-corrected chi connectivity index (χ0v) is 16.2. The van der Waals surface area contributed by atoms with Crippen molar-refractivity contribution in [3.63, 3.8) is 0 Å². The number of benzene rings is 1. The third-order valence-electron chi connectivity index (χ3n) is 4.12. The van der Waals surface area contributed by atoms with Crippen molar-refractivity contribution in [1.29, 1.82) is 0 Å². The van der Waals surface area contributed by atoms with Crippen LogP contribution in [-0.4, -0.2) is 36.4 Å². The van der Waals surface area contributed by atoms with Crippen molar-refractivity contribution in [3.05, 3.63) is 51.7 Å². The van der Waals surface area contributed by atoms with E-state index in [9.17, 15) is 4.79 Å². The van der Waals surface area contributed by atoms with Crippen molar-refractivity contribution < 1.29 is 4.79 Å². The zero-order valence-electron chi connectivity index (χ0n) is 14.6. The summed E-state index contributed by atoms with van der Waals surface area (Å²) in [4.78, 5) is 20.2. The van der Waals surface area contributed by atoms with Crippen LogP contribution >= 0.6 is 22.7 Å². The van der Waals surface area contributed by atoms with Gasteiger partial charge in [-0.2, -0.15) is 0 Å². The molecule has 0 spiro atoms. The van der Waals surface area contributed by atoms with E-state index in [4.69, 9.17) is 0 Å². The number of likely N-dealkylation sites (N-methyl/N-ethyl adjacent to an activating group) is 1. The van der Waals surface area contributed by atoms with Gasteiger partial charge in [-0.3, -0.25) is 4.79 Å². The Labute approximate surface area is 156 Å². The van der Waals surface area contributed by atoms with Gasteiger partial charge in [0.25, 0.3) is 0 Å². The van der Waals surface area contributed by atoms with Crippen molar-refractivity contribution in [2.24, 2.45) is 0 Å². The van der Waals surface area contributed by atoms with E-state index in [-0.39, 0.29) is 11.9 Å². The topological polar surface area (TPSA) is 45.2 Å². The predicted octanol–water partition coefficient (Wildman–Crippen LogP) is 4.10. The lowest BCUT2D eigenvalue weighted by Gasteiger charge is -2.23. The molecule has 2 aromatic heterocycles. The number of hydrogen-bond donors (Lipinski definition) is 1. The molecule has 2 heterocycles. The van der Waals surface area contributed by atoms with Crippen LogP contribution in [0.15, 0.2) is 41.8 Å². The van der Waals surface area contributed by atoms with Crippen LogP contribution in [0.1, 0.15) is 28.8 Å². The molecule has 0 fully saturated rings. The Hall–Kier alpha value is -1.76. The lowest BCUT2D eigenvalue weighted by Crippen LogP contribution is -2.34. The molecule has 1 N–H and O–H groups in total. The Morgan fingerprint density at radius 3 is 2.80 bits per heavy atom. The summed E-state index contributed by atoms with van der Waals surface area (Å²) < 4.78 is 1.21. The van der Waals surface area contributed by atoms with Crippen LogP contribution in [0.4, 0.5) is 0 Å². The Bertz CT molecular complexity index is 778. The average molecular weight is 374 g/mol. The predicted molar refractivity (Wildman–Crippen MR) is 106 cm³/mol. The molecule has 0 radical (unpaired) electrons. The molecule has 4 nitrogen and oxygen atoms in total. The van der Waals surface area contributed by atoms with Crippen molar-refractivity contribution in [2.75, 3.05) is 20.6 Å². The number of thiazole rings is 1. The molecule has 0 aliphatic carbocycles. The van der Waals surface area contributed by atoms with E-state index in [1.165, 1.54) is 9.58 Å². The average Bonchev–Trinajstić information content (AvgIpc) is 3.23. The lowest BCUT2D eigenvalue weighted by molar-refractivity contribution is -0.121. The van der Waals surface area contributed by atoms with E-state index in [1.54, 1.807) is 22.7 Å². The number of rotatable bonds is 8. The normalized spacial score (nSPS) is 12.6. The fraction of sp³-hybridized carbons (Fsp3) is 0.368. The van der Waals surface area contributed by atoms with Gasteiger partial charge in [-0.05, 0) is 50.5 Å². The highest BCUT2D eigenvalue weighted by Crippen LogP contribution is 2.23. The molecule has 6 heteroatoms. The Morgan fingerprint density at radius 1 is 1.24 bits per heavy atom. The Balaban J connectivity index is 1.44. The van der Waals surface area contributed by atoms with E-state index in [2.05, 4.69) is 38.8 Å². The van der Waals surface area contributed by atoms with Crippen LogP contribution in [0, 0.1) is 0 Å². The molecule has 3 rings (SSSR count). The molecule has 1 amide bonds. The summed E-state index contributed by atoms with van der Waals surface area (Å²) in [6, 6.07) is 12.6. The summed E-state index contributed by atoms with van der Waals surface area (Å²) in [6.45, 7) is 0.646. The highest BCUT2D eigenvalue weighted by molar-refractivity contribution is 7.18. The molecule has 1 aromatic carbocycles. The van der Waals surface area contributed by atoms with E-state index in [0.29, 0.717) is 13.0 Å². The number of hydrogen-bond acceptors (Lipinski definition) is 5. The van der Waals surface area contributed by atoms with Gasteiger partial charge in [0, 0.05) is 17.8 Å². The maximum atomic E-state index is 12.2. The van der Waals surface area contributed by atoms with Crippen molar-refractivity contribution in [3.8, 4) is 0 Å². The van der Waals surface area contributed by atoms with Crippen LogP contribution in [-0.2, 0) is 11.2 Å². The lowest BCUT2D eigenvalue weighted by atomic mass is 10.2. The molecule has 3 aromatic rings. The molecule has 1 atom stereocenters. The fourth-order valence-corrected chi connectivity index (χ4v) is 4.68. The van der Waals surface area contributed by atoms with Crippen LogP contribution in [0.3, 0.4) is 0 Å². The van der Waals surface area contributed by atoms with Gasteiger partial charge in [-0.1, -0.05) is 18.2 Å². The smallest absolute Gasteiger partial charge is 0.220 e. The second-order valence-electron chi connectivity index (χ2n) is 6.23. The maximum Gasteiger partial charge on any atom is 0.220 e. The molecule has 0 aliphatic heterocycles. The summed E-state index contributed by atoms with van der Waals surface area (Å²) in [7, 11) is 4.09. The molecular formula is C19H23N3OS2. The van der Waals surface area contributed by atoms with Gasteiger partial charge < -0.3 is 10.2 Å². The zero-order chi connectivity index (χ0) is 17.6. The van der Waals surface area contributed by atoms with Crippen LogP contribution in [0.5, 0.6) is 0 Å². The molecule has 132 valence electrons. The number of aryl methyl sites for hydroxylation is 1. The number of thiophene rings is 1. The number of para-hydroxylation sites is 1. The van der Waals surface area contributed by atoms with Crippen molar-refractivity contribution in [1.82, 2.24) is 15.2 Å². The fourth-order valence-electron chi connectivity index (χ4n) is 2.74. The summed E-state index contributed by atoms with van der Waals surface area (Å²) in [5, 5.41) is 6.26. The standard InChI is InChI=1S/C19H23N3OS2/c1-22(2)15(17-9-6-12-24-17)13-20-18(23)10-5-11-19-21-14-7-3-4-8-16(14)25-19/h3-4,6-9,12,15H,5,10-11,13H2,1-2H3,(H,20,23). The third-order valence-corrected chi connectivity index (χ3v) is 6.19. The highest BCUT2D eigenvalue weighted by atomic mass is 32.1. The summed E-state index contributed by atoms with van der Waals surface area (Å²) >= 11 is 3.45. The van der Waals surface area contributed by atoms with Crippen LogP contribution in [0.25, 0.3) is 10.2 Å². The van der Waals surface area contributed by atoms with Gasteiger partial charge in [0.2, 0.25) is 5.91 Å². The second kappa shape index (κ2) is 8.56. The van der Waals surface area contributed by atoms with Gasteiger partial charge >= 0.3 is 0 Å². The van der Waals surface area contributed by atoms with Gasteiger partial charge in [-0.25, -0.2) is 4.98 Å². The van der Waals surface area contributed by atoms with Crippen molar-refractivity contribution in [2.45, 2.75) is 25.3 Å². The quantitative estimate of drug-likeness (QED) is 0.646. The molecule has 25 heavy (non-hydrogen) atoms. The number of aromatic nitrogens is 1. The van der Waals surface area contributed by atoms with E-state index < -0.39 is 0 Å². The van der Waals surface area contributed by atoms with Crippen LogP contribution < -0.4 is 5.32 Å². The SMILES string of the molecule is CN(C)C(CNC(=O)CCCc1nc2ccccc2s1)c1cccs1. The Morgan fingerprint density at radius 2 is 2.08 bits per heavy atom. The number of carbonyl (C=O) groups is 1. The van der Waals surface area contributed by atoms with E-state index >= 15 is 0 Å². The Kier molecular flexibility index (Phi) is 6.18. The second-order valence-corrected chi connectivity index (χ2v) is 8.32.